The minimum Gasteiger partial charge on any atom is -0.441 e. The number of aromatic nitrogens is 1. The number of nitrogens with zero attached hydrogens (tertiary/aromatic N) is 3. The minimum atomic E-state index is -4.36. The van der Waals surface area contributed by atoms with Crippen molar-refractivity contribution in [2.24, 2.45) is 0 Å². The Bertz CT molecular complexity index is 908. The van der Waals surface area contributed by atoms with Gasteiger partial charge in [0.25, 0.3) is 0 Å². The Hall–Kier alpha value is -2.35. The van der Waals surface area contributed by atoms with Gasteiger partial charge in [0.05, 0.1) is 11.3 Å². The SMILES string of the molecule is Cc1oc(-c2ccc(C(F)(F)F)cc2)nc1CN1CCCC[C@H]1CCN1CCCC1=O. The summed E-state index contributed by atoms with van der Waals surface area (Å²) in [6.45, 7) is 5.13. The van der Waals surface area contributed by atoms with E-state index in [0.29, 0.717) is 36.2 Å². The fourth-order valence-electron chi connectivity index (χ4n) is 4.53. The van der Waals surface area contributed by atoms with E-state index in [1.807, 2.05) is 11.8 Å². The molecule has 2 aromatic rings. The molecule has 2 saturated heterocycles. The topological polar surface area (TPSA) is 49.6 Å². The van der Waals surface area contributed by atoms with Crippen LogP contribution in [-0.2, 0) is 17.5 Å². The van der Waals surface area contributed by atoms with Gasteiger partial charge in [-0.05, 0) is 63.4 Å². The summed E-state index contributed by atoms with van der Waals surface area (Å²) in [4.78, 5) is 20.9. The lowest BCUT2D eigenvalue weighted by atomic mass is 9.98. The lowest BCUT2D eigenvalue weighted by Gasteiger charge is -2.36. The third kappa shape index (κ3) is 5.11. The van der Waals surface area contributed by atoms with Gasteiger partial charge < -0.3 is 9.32 Å². The number of halogens is 3. The van der Waals surface area contributed by atoms with Gasteiger partial charge in [0.1, 0.15) is 5.76 Å². The minimum absolute atomic E-state index is 0.260. The van der Waals surface area contributed by atoms with Crippen molar-refractivity contribution in [3.8, 4) is 11.5 Å². The van der Waals surface area contributed by atoms with Crippen molar-refractivity contribution in [3.05, 3.63) is 41.3 Å². The van der Waals surface area contributed by atoms with Crippen LogP contribution in [0.4, 0.5) is 13.2 Å². The molecule has 3 heterocycles. The Morgan fingerprint density at radius 3 is 2.58 bits per heavy atom. The number of carbonyl (C=O) groups is 1. The molecule has 0 radical (unpaired) electrons. The third-order valence-corrected chi connectivity index (χ3v) is 6.36. The summed E-state index contributed by atoms with van der Waals surface area (Å²) in [6.07, 6.45) is 1.63. The third-order valence-electron chi connectivity index (χ3n) is 6.36. The van der Waals surface area contributed by atoms with Crippen LogP contribution in [0.15, 0.2) is 28.7 Å². The highest BCUT2D eigenvalue weighted by molar-refractivity contribution is 5.78. The van der Waals surface area contributed by atoms with Crippen LogP contribution >= 0.6 is 0 Å². The van der Waals surface area contributed by atoms with Crippen molar-refractivity contribution in [3.63, 3.8) is 0 Å². The number of likely N-dealkylation sites (tertiary alicyclic amines) is 2. The molecule has 5 nitrogen and oxygen atoms in total. The summed E-state index contributed by atoms with van der Waals surface area (Å²) in [5.41, 5.74) is 0.663. The van der Waals surface area contributed by atoms with E-state index in [0.717, 1.165) is 63.1 Å². The zero-order valence-corrected chi connectivity index (χ0v) is 17.7. The summed E-state index contributed by atoms with van der Waals surface area (Å²) < 4.78 is 44.2. The lowest BCUT2D eigenvalue weighted by Crippen LogP contribution is -2.41. The van der Waals surface area contributed by atoms with Crippen LogP contribution in [-0.4, -0.2) is 46.4 Å². The molecular weight excluding hydrogens is 407 g/mol. The number of carbonyl (C=O) groups excluding carboxylic acids is 1. The smallest absolute Gasteiger partial charge is 0.416 e. The molecule has 0 unspecified atom stereocenters. The second-order valence-corrected chi connectivity index (χ2v) is 8.49. The normalized spacial score (nSPS) is 20.6. The molecule has 1 atom stereocenters. The predicted molar refractivity (Wildman–Crippen MR) is 110 cm³/mol. The highest BCUT2D eigenvalue weighted by Crippen LogP contribution is 2.32. The predicted octanol–water partition coefficient (Wildman–Crippen LogP) is 5.04. The van der Waals surface area contributed by atoms with Crippen molar-refractivity contribution in [2.45, 2.75) is 64.2 Å². The molecule has 1 aromatic carbocycles. The second-order valence-electron chi connectivity index (χ2n) is 8.49. The summed E-state index contributed by atoms with van der Waals surface area (Å²) in [5, 5.41) is 0. The van der Waals surface area contributed by atoms with E-state index in [2.05, 4.69) is 9.88 Å². The van der Waals surface area contributed by atoms with Crippen LogP contribution in [0.1, 0.15) is 55.5 Å². The molecule has 0 N–H and O–H groups in total. The molecule has 0 bridgehead atoms. The second kappa shape index (κ2) is 9.02. The van der Waals surface area contributed by atoms with Crippen LogP contribution < -0.4 is 0 Å². The summed E-state index contributed by atoms with van der Waals surface area (Å²) in [5.74, 6) is 1.29. The highest BCUT2D eigenvalue weighted by atomic mass is 19.4. The number of hydrogen-bond donors (Lipinski definition) is 0. The van der Waals surface area contributed by atoms with E-state index >= 15 is 0 Å². The molecule has 4 rings (SSSR count). The quantitative estimate of drug-likeness (QED) is 0.638. The number of piperidine rings is 1. The van der Waals surface area contributed by atoms with Crippen LogP contribution in [0.5, 0.6) is 0 Å². The van der Waals surface area contributed by atoms with Gasteiger partial charge >= 0.3 is 6.18 Å². The molecule has 2 fully saturated rings. The first kappa shape index (κ1) is 21.9. The number of alkyl halides is 3. The first-order valence-electron chi connectivity index (χ1n) is 11.0. The van der Waals surface area contributed by atoms with E-state index in [9.17, 15) is 18.0 Å². The van der Waals surface area contributed by atoms with Crippen molar-refractivity contribution in [1.82, 2.24) is 14.8 Å². The van der Waals surface area contributed by atoms with Crippen LogP contribution in [0.3, 0.4) is 0 Å². The number of rotatable bonds is 6. The van der Waals surface area contributed by atoms with Gasteiger partial charge in [0.15, 0.2) is 0 Å². The average molecular weight is 435 g/mol. The first-order chi connectivity index (χ1) is 14.8. The zero-order chi connectivity index (χ0) is 22.0. The van der Waals surface area contributed by atoms with Crippen molar-refractivity contribution in [1.29, 1.82) is 0 Å². The summed E-state index contributed by atoms with van der Waals surface area (Å²) in [7, 11) is 0. The van der Waals surface area contributed by atoms with E-state index in [-0.39, 0.29) is 5.91 Å². The molecule has 1 aromatic heterocycles. The molecule has 8 heteroatoms. The highest BCUT2D eigenvalue weighted by Gasteiger charge is 2.30. The maximum absolute atomic E-state index is 12.8. The standard InChI is InChI=1S/C23H28F3N3O2/c1-16-20(27-22(31-16)17-7-9-18(10-8-17)23(24,25)26)15-29-12-3-2-5-19(29)11-14-28-13-4-6-21(28)30/h7-10,19H,2-6,11-15H2,1H3/t19-/m0/s1. The van der Waals surface area contributed by atoms with Crippen molar-refractivity contribution < 1.29 is 22.4 Å². The Balaban J connectivity index is 1.43. The molecule has 0 spiro atoms. The fraction of sp³-hybridized carbons (Fsp3) is 0.565. The zero-order valence-electron chi connectivity index (χ0n) is 17.7. The fourth-order valence-corrected chi connectivity index (χ4v) is 4.53. The van der Waals surface area contributed by atoms with E-state index in [1.165, 1.54) is 18.6 Å². The van der Waals surface area contributed by atoms with E-state index < -0.39 is 11.7 Å². The van der Waals surface area contributed by atoms with Crippen LogP contribution in [0.25, 0.3) is 11.5 Å². The molecule has 31 heavy (non-hydrogen) atoms. The lowest BCUT2D eigenvalue weighted by molar-refractivity contribution is -0.137. The number of oxazole rings is 1. The largest absolute Gasteiger partial charge is 0.441 e. The maximum atomic E-state index is 12.8. The van der Waals surface area contributed by atoms with Gasteiger partial charge in [-0.3, -0.25) is 9.69 Å². The molecule has 2 aliphatic rings. The Labute approximate surface area is 180 Å². The number of hydrogen-bond acceptors (Lipinski definition) is 4. The van der Waals surface area contributed by atoms with Gasteiger partial charge in [-0.15, -0.1) is 0 Å². The monoisotopic (exact) mass is 435 g/mol. The molecule has 1 amide bonds. The summed E-state index contributed by atoms with van der Waals surface area (Å²) in [6, 6.07) is 5.29. The van der Waals surface area contributed by atoms with Gasteiger partial charge in [0.2, 0.25) is 11.8 Å². The van der Waals surface area contributed by atoms with Gasteiger partial charge in [-0.1, -0.05) is 6.42 Å². The number of amides is 1. The Morgan fingerprint density at radius 1 is 1.13 bits per heavy atom. The Kier molecular flexibility index (Phi) is 6.36. The molecule has 168 valence electrons. The van der Waals surface area contributed by atoms with E-state index in [4.69, 9.17) is 4.42 Å². The molecule has 2 aliphatic heterocycles. The molecule has 0 aliphatic carbocycles. The maximum Gasteiger partial charge on any atom is 0.416 e. The van der Waals surface area contributed by atoms with Gasteiger partial charge in [0, 0.05) is 37.7 Å². The van der Waals surface area contributed by atoms with Gasteiger partial charge in [-0.2, -0.15) is 13.2 Å². The first-order valence-corrected chi connectivity index (χ1v) is 11.0. The van der Waals surface area contributed by atoms with Crippen LogP contribution in [0, 0.1) is 6.92 Å². The average Bonchev–Trinajstić information content (AvgIpc) is 3.32. The Morgan fingerprint density at radius 2 is 1.90 bits per heavy atom. The summed E-state index contributed by atoms with van der Waals surface area (Å²) >= 11 is 0. The van der Waals surface area contributed by atoms with Crippen molar-refractivity contribution in [2.75, 3.05) is 19.6 Å². The molecule has 0 saturated carbocycles. The van der Waals surface area contributed by atoms with Crippen LogP contribution in [0.2, 0.25) is 0 Å². The molecular formula is C23H28F3N3O2. The van der Waals surface area contributed by atoms with E-state index in [1.54, 1.807) is 0 Å². The van der Waals surface area contributed by atoms with Gasteiger partial charge in [-0.25, -0.2) is 4.98 Å². The van der Waals surface area contributed by atoms with Crippen molar-refractivity contribution >= 4 is 5.91 Å². The number of benzene rings is 1. The number of aryl methyl sites for hydroxylation is 1.